The van der Waals surface area contributed by atoms with Gasteiger partial charge in [-0.3, -0.25) is 4.90 Å². The molecule has 0 aromatic carbocycles. The lowest BCUT2D eigenvalue weighted by atomic mass is 9.97. The fraction of sp³-hybridized carbons (Fsp3) is 1.00. The van der Waals surface area contributed by atoms with E-state index in [1.807, 2.05) is 0 Å². The molecule has 1 rings (SSSR count). The van der Waals surface area contributed by atoms with Gasteiger partial charge in [0, 0.05) is 24.2 Å². The first-order valence-electron chi connectivity index (χ1n) is 8.63. The van der Waals surface area contributed by atoms with Gasteiger partial charge in [-0.05, 0) is 44.6 Å². The van der Waals surface area contributed by atoms with E-state index in [-0.39, 0.29) is 12.1 Å². The lowest BCUT2D eigenvalue weighted by Crippen LogP contribution is -2.49. The molecule has 1 aliphatic rings. The Balaban J connectivity index is 2.77. The molecule has 0 amide bonds. The molecule has 0 heterocycles. The highest BCUT2D eigenvalue weighted by atomic mass is 16.3. The molecule has 2 atom stereocenters. The third-order valence-electron chi connectivity index (χ3n) is 4.89. The number of hydrogen-bond donors (Lipinski definition) is 2. The Labute approximate surface area is 126 Å². The number of aliphatic hydroxyl groups is 1. The van der Waals surface area contributed by atoms with Crippen LogP contribution >= 0.6 is 0 Å². The van der Waals surface area contributed by atoms with Crippen LogP contribution in [0.4, 0.5) is 0 Å². The number of aliphatic hydroxyl groups excluding tert-OH is 1. The average molecular weight is 284 g/mol. The molecule has 0 spiro atoms. The highest BCUT2D eigenvalue weighted by molar-refractivity contribution is 5.00. The summed E-state index contributed by atoms with van der Waals surface area (Å²) in [5.41, 5.74) is -0.0271. The minimum absolute atomic E-state index is 0.0271. The number of rotatable bonds is 9. The van der Waals surface area contributed by atoms with E-state index in [0.717, 1.165) is 19.4 Å². The normalized spacial score (nSPS) is 27.1. The summed E-state index contributed by atoms with van der Waals surface area (Å²) in [6.45, 7) is 13.8. The van der Waals surface area contributed by atoms with E-state index in [1.54, 1.807) is 0 Å². The van der Waals surface area contributed by atoms with Gasteiger partial charge in [0.25, 0.3) is 0 Å². The Morgan fingerprint density at radius 1 is 1.25 bits per heavy atom. The molecule has 1 aliphatic carbocycles. The van der Waals surface area contributed by atoms with Crippen LogP contribution in [0.15, 0.2) is 0 Å². The molecule has 0 aromatic heterocycles. The van der Waals surface area contributed by atoms with Crippen molar-refractivity contribution >= 4 is 0 Å². The quantitative estimate of drug-likeness (QED) is 0.683. The van der Waals surface area contributed by atoms with Gasteiger partial charge in [0.15, 0.2) is 0 Å². The predicted octanol–water partition coefficient (Wildman–Crippen LogP) is 3.03. The van der Waals surface area contributed by atoms with Gasteiger partial charge in [-0.15, -0.1) is 0 Å². The lowest BCUT2D eigenvalue weighted by Gasteiger charge is -2.38. The second kappa shape index (κ2) is 8.35. The van der Waals surface area contributed by atoms with Crippen molar-refractivity contribution in [2.75, 3.05) is 19.7 Å². The minimum Gasteiger partial charge on any atom is -0.394 e. The summed E-state index contributed by atoms with van der Waals surface area (Å²) >= 11 is 0. The fourth-order valence-electron chi connectivity index (χ4n) is 3.89. The van der Waals surface area contributed by atoms with Crippen molar-refractivity contribution in [3.8, 4) is 0 Å². The van der Waals surface area contributed by atoms with Crippen LogP contribution < -0.4 is 5.32 Å². The summed E-state index contributed by atoms with van der Waals surface area (Å²) < 4.78 is 0. The molecule has 2 N–H and O–H groups in total. The van der Waals surface area contributed by atoms with Gasteiger partial charge in [-0.25, -0.2) is 0 Å². The largest absolute Gasteiger partial charge is 0.394 e. The monoisotopic (exact) mass is 284 g/mol. The molecule has 0 bridgehead atoms. The molecule has 1 fully saturated rings. The van der Waals surface area contributed by atoms with Gasteiger partial charge >= 0.3 is 0 Å². The van der Waals surface area contributed by atoms with Gasteiger partial charge in [0.2, 0.25) is 0 Å². The third kappa shape index (κ3) is 4.44. The van der Waals surface area contributed by atoms with E-state index in [9.17, 15) is 5.11 Å². The zero-order chi connectivity index (χ0) is 15.2. The van der Waals surface area contributed by atoms with Crippen LogP contribution in [0.1, 0.15) is 66.7 Å². The summed E-state index contributed by atoms with van der Waals surface area (Å²) in [7, 11) is 0. The Bertz CT molecular complexity index is 266. The SMILES string of the molecule is CCNC1(CO)CCC(N(CC(C)C)C(CC)CC)C1. The summed E-state index contributed by atoms with van der Waals surface area (Å²) in [5.74, 6) is 0.707. The molecule has 0 aromatic rings. The van der Waals surface area contributed by atoms with Gasteiger partial charge in [0.1, 0.15) is 0 Å². The van der Waals surface area contributed by atoms with Crippen LogP contribution in [0.2, 0.25) is 0 Å². The standard InChI is InChI=1S/C17H36N2O/c1-6-15(7-2)19(12-14(4)5)16-9-10-17(11-16,13-20)18-8-3/h14-16,18,20H,6-13H2,1-5H3. The van der Waals surface area contributed by atoms with Crippen molar-refractivity contribution < 1.29 is 5.11 Å². The molecular formula is C17H36N2O. The molecule has 0 radical (unpaired) electrons. The summed E-state index contributed by atoms with van der Waals surface area (Å²) in [4.78, 5) is 2.74. The Morgan fingerprint density at radius 3 is 2.35 bits per heavy atom. The average Bonchev–Trinajstić information content (AvgIpc) is 2.84. The van der Waals surface area contributed by atoms with Gasteiger partial charge in [0.05, 0.1) is 6.61 Å². The molecule has 0 saturated heterocycles. The smallest absolute Gasteiger partial charge is 0.0613 e. The molecule has 3 nitrogen and oxygen atoms in total. The molecule has 0 aliphatic heterocycles. The highest BCUT2D eigenvalue weighted by Crippen LogP contribution is 2.35. The maximum Gasteiger partial charge on any atom is 0.0613 e. The lowest BCUT2D eigenvalue weighted by molar-refractivity contribution is 0.0964. The van der Waals surface area contributed by atoms with E-state index in [4.69, 9.17) is 0 Å². The molecule has 3 heteroatoms. The van der Waals surface area contributed by atoms with Crippen LogP contribution in [0.25, 0.3) is 0 Å². The van der Waals surface area contributed by atoms with E-state index < -0.39 is 0 Å². The third-order valence-corrected chi connectivity index (χ3v) is 4.89. The predicted molar refractivity (Wildman–Crippen MR) is 87.0 cm³/mol. The summed E-state index contributed by atoms with van der Waals surface area (Å²) in [5, 5.41) is 13.3. The maximum absolute atomic E-state index is 9.80. The van der Waals surface area contributed by atoms with Gasteiger partial charge in [-0.2, -0.15) is 0 Å². The van der Waals surface area contributed by atoms with E-state index >= 15 is 0 Å². The number of nitrogens with zero attached hydrogens (tertiary/aromatic N) is 1. The first-order chi connectivity index (χ1) is 9.51. The fourth-order valence-corrected chi connectivity index (χ4v) is 3.89. The van der Waals surface area contributed by atoms with Crippen molar-refractivity contribution in [1.82, 2.24) is 10.2 Å². The van der Waals surface area contributed by atoms with Crippen molar-refractivity contribution in [1.29, 1.82) is 0 Å². The van der Waals surface area contributed by atoms with E-state index in [0.29, 0.717) is 18.0 Å². The van der Waals surface area contributed by atoms with Crippen LogP contribution in [-0.2, 0) is 0 Å². The molecule has 120 valence electrons. The van der Waals surface area contributed by atoms with Crippen LogP contribution in [0, 0.1) is 5.92 Å². The molecule has 1 saturated carbocycles. The van der Waals surface area contributed by atoms with Crippen molar-refractivity contribution in [3.63, 3.8) is 0 Å². The number of nitrogens with one attached hydrogen (secondary N) is 1. The van der Waals surface area contributed by atoms with Crippen molar-refractivity contribution in [2.24, 2.45) is 5.92 Å². The summed E-state index contributed by atoms with van der Waals surface area (Å²) in [6, 6.07) is 1.33. The first-order valence-corrected chi connectivity index (χ1v) is 8.63. The van der Waals surface area contributed by atoms with Gasteiger partial charge in [-0.1, -0.05) is 34.6 Å². The Kier molecular flexibility index (Phi) is 7.49. The Hall–Kier alpha value is -0.120. The topological polar surface area (TPSA) is 35.5 Å². The number of likely N-dealkylation sites (N-methyl/N-ethyl adjacent to an activating group) is 1. The van der Waals surface area contributed by atoms with Crippen molar-refractivity contribution in [3.05, 3.63) is 0 Å². The van der Waals surface area contributed by atoms with Crippen molar-refractivity contribution in [2.45, 2.75) is 84.3 Å². The van der Waals surface area contributed by atoms with Crippen LogP contribution in [-0.4, -0.2) is 47.3 Å². The minimum atomic E-state index is -0.0271. The zero-order valence-electron chi connectivity index (χ0n) is 14.3. The van der Waals surface area contributed by atoms with E-state index in [2.05, 4.69) is 44.8 Å². The van der Waals surface area contributed by atoms with Crippen LogP contribution in [0.3, 0.4) is 0 Å². The number of hydrogen-bond acceptors (Lipinski definition) is 3. The molecule has 2 unspecified atom stereocenters. The van der Waals surface area contributed by atoms with E-state index in [1.165, 1.54) is 25.8 Å². The molecule has 20 heavy (non-hydrogen) atoms. The zero-order valence-corrected chi connectivity index (χ0v) is 14.3. The maximum atomic E-state index is 9.80. The summed E-state index contributed by atoms with van der Waals surface area (Å²) in [6.07, 6.45) is 5.88. The Morgan fingerprint density at radius 2 is 1.90 bits per heavy atom. The molecular weight excluding hydrogens is 248 g/mol. The van der Waals surface area contributed by atoms with Gasteiger partial charge < -0.3 is 10.4 Å². The van der Waals surface area contributed by atoms with Crippen LogP contribution in [0.5, 0.6) is 0 Å². The first kappa shape index (κ1) is 17.9. The second-order valence-electron chi connectivity index (χ2n) is 6.93. The highest BCUT2D eigenvalue weighted by Gasteiger charge is 2.41. The second-order valence-corrected chi connectivity index (χ2v) is 6.93.